The second kappa shape index (κ2) is 6.08. The van der Waals surface area contributed by atoms with Crippen molar-refractivity contribution in [2.24, 2.45) is 0 Å². The molecule has 2 heterocycles. The van der Waals surface area contributed by atoms with E-state index >= 15 is 0 Å². The van der Waals surface area contributed by atoms with Gasteiger partial charge in [0.25, 0.3) is 5.56 Å². The quantitative estimate of drug-likeness (QED) is 0.629. The fraction of sp³-hybridized carbons (Fsp3) is 0.0500. The van der Waals surface area contributed by atoms with E-state index in [1.807, 2.05) is 48.5 Å². The monoisotopic (exact) mass is 313 g/mol. The Kier molecular flexibility index (Phi) is 3.63. The molecule has 0 amide bonds. The van der Waals surface area contributed by atoms with Gasteiger partial charge in [0.05, 0.1) is 11.1 Å². The molecule has 4 nitrogen and oxygen atoms in total. The van der Waals surface area contributed by atoms with E-state index in [1.54, 1.807) is 12.4 Å². The molecule has 1 N–H and O–H groups in total. The number of nitrogens with one attached hydrogen (secondary N) is 1. The molecule has 24 heavy (non-hydrogen) atoms. The van der Waals surface area contributed by atoms with Crippen LogP contribution in [-0.4, -0.2) is 15.2 Å². The van der Waals surface area contributed by atoms with Gasteiger partial charge in [-0.3, -0.25) is 9.78 Å². The second-order valence-corrected chi connectivity index (χ2v) is 5.66. The standard InChI is InChI=1S/C20H15N3O/c24-20-17-7-6-16(15-8-10-21-11-9-15)13-18(17)19(22-23-20)12-14-4-2-1-3-5-14/h1-11,13H,12H2,(H,23,24). The highest BCUT2D eigenvalue weighted by atomic mass is 16.1. The van der Waals surface area contributed by atoms with Crippen molar-refractivity contribution in [3.05, 3.63) is 94.7 Å². The fourth-order valence-electron chi connectivity index (χ4n) is 2.87. The van der Waals surface area contributed by atoms with Crippen LogP contribution in [0.2, 0.25) is 0 Å². The molecule has 0 aliphatic carbocycles. The highest BCUT2D eigenvalue weighted by Gasteiger charge is 2.09. The Hall–Kier alpha value is -3.27. The summed E-state index contributed by atoms with van der Waals surface area (Å²) in [6, 6.07) is 19.9. The molecule has 4 aromatic rings. The van der Waals surface area contributed by atoms with E-state index < -0.39 is 0 Å². The van der Waals surface area contributed by atoms with Crippen LogP contribution in [-0.2, 0) is 6.42 Å². The Morgan fingerprint density at radius 3 is 2.42 bits per heavy atom. The lowest BCUT2D eigenvalue weighted by Crippen LogP contribution is -2.11. The van der Waals surface area contributed by atoms with E-state index in [4.69, 9.17) is 0 Å². The van der Waals surface area contributed by atoms with Crippen molar-refractivity contribution in [3.8, 4) is 11.1 Å². The van der Waals surface area contributed by atoms with Gasteiger partial charge in [-0.1, -0.05) is 36.4 Å². The molecule has 0 fully saturated rings. The van der Waals surface area contributed by atoms with Gasteiger partial charge in [-0.2, -0.15) is 5.10 Å². The molecular formula is C20H15N3O. The summed E-state index contributed by atoms with van der Waals surface area (Å²) >= 11 is 0. The van der Waals surface area contributed by atoms with Gasteiger partial charge in [0.15, 0.2) is 0 Å². The summed E-state index contributed by atoms with van der Waals surface area (Å²) in [7, 11) is 0. The first-order valence-corrected chi connectivity index (χ1v) is 7.77. The molecule has 0 bridgehead atoms. The molecular weight excluding hydrogens is 298 g/mol. The number of hydrogen-bond acceptors (Lipinski definition) is 3. The zero-order valence-electron chi connectivity index (χ0n) is 12.9. The minimum absolute atomic E-state index is 0.164. The van der Waals surface area contributed by atoms with Crippen LogP contribution < -0.4 is 5.56 Å². The average molecular weight is 313 g/mol. The summed E-state index contributed by atoms with van der Waals surface area (Å²) in [5, 5.41) is 8.44. The summed E-state index contributed by atoms with van der Waals surface area (Å²) in [4.78, 5) is 16.2. The van der Waals surface area contributed by atoms with Gasteiger partial charge in [0, 0.05) is 24.2 Å². The molecule has 116 valence electrons. The average Bonchev–Trinajstić information content (AvgIpc) is 2.65. The molecule has 2 aromatic carbocycles. The minimum Gasteiger partial charge on any atom is -0.267 e. The van der Waals surface area contributed by atoms with Crippen LogP contribution in [0.3, 0.4) is 0 Å². The zero-order chi connectivity index (χ0) is 16.4. The predicted octanol–water partition coefficient (Wildman–Crippen LogP) is 3.58. The number of H-pyrrole nitrogens is 1. The number of fused-ring (bicyclic) bond motifs is 1. The van der Waals surface area contributed by atoms with E-state index in [-0.39, 0.29) is 5.56 Å². The zero-order valence-corrected chi connectivity index (χ0v) is 12.9. The maximum absolute atomic E-state index is 12.1. The minimum atomic E-state index is -0.164. The maximum atomic E-state index is 12.1. The SMILES string of the molecule is O=c1[nH]nc(Cc2ccccc2)c2cc(-c3ccncc3)ccc12. The van der Waals surface area contributed by atoms with E-state index in [9.17, 15) is 4.79 Å². The third-order valence-corrected chi connectivity index (χ3v) is 4.10. The molecule has 0 unspecified atom stereocenters. The number of rotatable bonds is 3. The molecule has 0 atom stereocenters. The van der Waals surface area contributed by atoms with Crippen molar-refractivity contribution in [2.45, 2.75) is 6.42 Å². The first-order chi connectivity index (χ1) is 11.8. The third kappa shape index (κ3) is 2.70. The number of benzene rings is 2. The Morgan fingerprint density at radius 1 is 0.833 bits per heavy atom. The van der Waals surface area contributed by atoms with Crippen molar-refractivity contribution in [1.82, 2.24) is 15.2 Å². The Balaban J connectivity index is 1.87. The first kappa shape index (κ1) is 14.3. The Labute approximate surface area is 138 Å². The van der Waals surface area contributed by atoms with Crippen molar-refractivity contribution in [1.29, 1.82) is 0 Å². The van der Waals surface area contributed by atoms with Crippen LogP contribution >= 0.6 is 0 Å². The fourth-order valence-corrected chi connectivity index (χ4v) is 2.87. The van der Waals surface area contributed by atoms with Crippen molar-refractivity contribution in [3.63, 3.8) is 0 Å². The number of aromatic amines is 1. The number of pyridine rings is 1. The summed E-state index contributed by atoms with van der Waals surface area (Å²) in [5.41, 5.74) is 3.98. The van der Waals surface area contributed by atoms with Gasteiger partial charge in [0.2, 0.25) is 0 Å². The summed E-state index contributed by atoms with van der Waals surface area (Å²) in [6.45, 7) is 0. The number of nitrogens with zero attached hydrogens (tertiary/aromatic N) is 2. The van der Waals surface area contributed by atoms with E-state index in [2.05, 4.69) is 27.3 Å². The van der Waals surface area contributed by atoms with Gasteiger partial charge >= 0.3 is 0 Å². The third-order valence-electron chi connectivity index (χ3n) is 4.10. The molecule has 2 aromatic heterocycles. The molecule has 4 heteroatoms. The van der Waals surface area contributed by atoms with Crippen LogP contribution in [0.1, 0.15) is 11.3 Å². The van der Waals surface area contributed by atoms with Gasteiger partial charge in [-0.25, -0.2) is 5.10 Å². The van der Waals surface area contributed by atoms with Gasteiger partial charge in [-0.15, -0.1) is 0 Å². The Bertz CT molecular complexity index is 1040. The topological polar surface area (TPSA) is 58.6 Å². The molecule has 0 spiro atoms. The van der Waals surface area contributed by atoms with Crippen LogP contribution in [0.15, 0.2) is 77.9 Å². The summed E-state index contributed by atoms with van der Waals surface area (Å²) < 4.78 is 0. The van der Waals surface area contributed by atoms with Gasteiger partial charge < -0.3 is 0 Å². The molecule has 0 aliphatic heterocycles. The molecule has 4 rings (SSSR count). The van der Waals surface area contributed by atoms with Crippen LogP contribution in [0.25, 0.3) is 21.9 Å². The van der Waals surface area contributed by atoms with Crippen molar-refractivity contribution >= 4 is 10.8 Å². The normalized spacial score (nSPS) is 10.8. The van der Waals surface area contributed by atoms with Crippen LogP contribution in [0.5, 0.6) is 0 Å². The van der Waals surface area contributed by atoms with E-state index in [0.717, 1.165) is 27.8 Å². The maximum Gasteiger partial charge on any atom is 0.272 e. The highest BCUT2D eigenvalue weighted by molar-refractivity contribution is 5.88. The first-order valence-electron chi connectivity index (χ1n) is 7.77. The lowest BCUT2D eigenvalue weighted by atomic mass is 10.00. The summed E-state index contributed by atoms with van der Waals surface area (Å²) in [5.74, 6) is 0. The lowest BCUT2D eigenvalue weighted by molar-refractivity contribution is 0.934. The summed E-state index contributed by atoms with van der Waals surface area (Å²) in [6.07, 6.45) is 4.20. The van der Waals surface area contributed by atoms with Crippen LogP contribution in [0.4, 0.5) is 0 Å². The van der Waals surface area contributed by atoms with Crippen LogP contribution in [0, 0.1) is 0 Å². The number of aromatic nitrogens is 3. The molecule has 0 aliphatic rings. The molecule has 0 radical (unpaired) electrons. The van der Waals surface area contributed by atoms with Crippen molar-refractivity contribution < 1.29 is 0 Å². The van der Waals surface area contributed by atoms with Crippen molar-refractivity contribution in [2.75, 3.05) is 0 Å². The number of hydrogen-bond donors (Lipinski definition) is 1. The van der Waals surface area contributed by atoms with Gasteiger partial charge in [0.1, 0.15) is 0 Å². The predicted molar refractivity (Wildman–Crippen MR) is 94.8 cm³/mol. The second-order valence-electron chi connectivity index (χ2n) is 5.66. The smallest absolute Gasteiger partial charge is 0.267 e. The molecule has 0 saturated carbocycles. The van der Waals surface area contributed by atoms with E-state index in [0.29, 0.717) is 11.8 Å². The van der Waals surface area contributed by atoms with Gasteiger partial charge in [-0.05, 0) is 41.0 Å². The van der Waals surface area contributed by atoms with E-state index in [1.165, 1.54) is 0 Å². The highest BCUT2D eigenvalue weighted by Crippen LogP contribution is 2.24. The molecule has 0 saturated heterocycles. The lowest BCUT2D eigenvalue weighted by Gasteiger charge is -2.08. The Morgan fingerprint density at radius 2 is 1.62 bits per heavy atom. The largest absolute Gasteiger partial charge is 0.272 e.